The normalized spacial score (nSPS) is 21.0. The van der Waals surface area contributed by atoms with Gasteiger partial charge in [-0.3, -0.25) is 14.5 Å². The lowest BCUT2D eigenvalue weighted by Crippen LogP contribution is -2.46. The molecule has 1 heterocycles. The van der Waals surface area contributed by atoms with E-state index in [0.29, 0.717) is 13.1 Å². The van der Waals surface area contributed by atoms with Crippen LogP contribution in [0, 0.1) is 0 Å². The van der Waals surface area contributed by atoms with Gasteiger partial charge in [0.05, 0.1) is 0 Å². The number of nitrogens with zero attached hydrogens (tertiary/aromatic N) is 1. The van der Waals surface area contributed by atoms with Gasteiger partial charge in [0.15, 0.2) is 0 Å². The van der Waals surface area contributed by atoms with Crippen molar-refractivity contribution in [2.75, 3.05) is 39.3 Å². The Morgan fingerprint density at radius 1 is 0.952 bits per heavy atom. The monoisotopic (exact) mass is 301 g/mol. The molecule has 0 bridgehead atoms. The molecule has 122 valence electrons. The van der Waals surface area contributed by atoms with Gasteiger partial charge in [0.25, 0.3) is 0 Å². The Labute approximate surface area is 125 Å². The number of carboxylic acid groups (broad SMARTS) is 2. The van der Waals surface area contributed by atoms with Crippen LogP contribution in [0.25, 0.3) is 0 Å². The maximum atomic E-state index is 11.4. The highest BCUT2D eigenvalue weighted by molar-refractivity contribution is 5.75. The molecule has 0 saturated carbocycles. The Bertz CT molecular complexity index is 313. The van der Waals surface area contributed by atoms with Crippen LogP contribution in [-0.2, 0) is 9.59 Å². The molecule has 4 N–H and O–H groups in total. The lowest BCUT2D eigenvalue weighted by atomic mass is 10.1. The van der Waals surface area contributed by atoms with E-state index in [0.717, 1.165) is 45.4 Å². The lowest BCUT2D eigenvalue weighted by molar-refractivity contribution is -0.144. The summed E-state index contributed by atoms with van der Waals surface area (Å²) in [6.45, 7) is 4.83. The Balaban J connectivity index is 2.56. The minimum Gasteiger partial charge on any atom is -0.481 e. The number of hydrogen-bond acceptors (Lipinski definition) is 5. The van der Waals surface area contributed by atoms with Crippen molar-refractivity contribution in [3.8, 4) is 0 Å². The molecule has 1 rings (SSSR count). The van der Waals surface area contributed by atoms with Crippen LogP contribution in [-0.4, -0.2) is 72.4 Å². The molecule has 0 aliphatic carbocycles. The topological polar surface area (TPSA) is 102 Å². The minimum atomic E-state index is -0.945. The van der Waals surface area contributed by atoms with Crippen LogP contribution < -0.4 is 10.6 Å². The summed E-state index contributed by atoms with van der Waals surface area (Å²) in [5.74, 6) is -1.87. The van der Waals surface area contributed by atoms with Gasteiger partial charge < -0.3 is 20.8 Å². The fraction of sp³-hybridized carbons (Fsp3) is 0.857. The van der Waals surface area contributed by atoms with Crippen molar-refractivity contribution in [2.24, 2.45) is 0 Å². The molecule has 1 unspecified atom stereocenters. The van der Waals surface area contributed by atoms with Crippen molar-refractivity contribution in [2.45, 2.75) is 38.1 Å². The summed E-state index contributed by atoms with van der Waals surface area (Å²) in [6.07, 6.45) is 3.14. The van der Waals surface area contributed by atoms with E-state index in [1.54, 1.807) is 0 Å². The van der Waals surface area contributed by atoms with E-state index in [1.165, 1.54) is 0 Å². The second-order valence-electron chi connectivity index (χ2n) is 5.38. The highest BCUT2D eigenvalue weighted by atomic mass is 16.4. The second-order valence-corrected chi connectivity index (χ2v) is 5.38. The smallest absolute Gasteiger partial charge is 0.320 e. The Morgan fingerprint density at radius 3 is 2.33 bits per heavy atom. The molecule has 1 saturated heterocycles. The van der Waals surface area contributed by atoms with E-state index in [2.05, 4.69) is 10.6 Å². The number of carboxylic acids is 2. The number of hydrogen-bond donors (Lipinski definition) is 4. The van der Waals surface area contributed by atoms with Gasteiger partial charge in [-0.25, -0.2) is 0 Å². The molecule has 0 aromatic carbocycles. The average molecular weight is 301 g/mol. The summed E-state index contributed by atoms with van der Waals surface area (Å²) >= 11 is 0. The van der Waals surface area contributed by atoms with Gasteiger partial charge in [0.1, 0.15) is 6.04 Å². The SMILES string of the molecule is O=C(O)CCC(C(=O)O)N1CCCCCNCCNCC1. The van der Waals surface area contributed by atoms with Gasteiger partial charge >= 0.3 is 11.9 Å². The molecular weight excluding hydrogens is 274 g/mol. The molecule has 0 radical (unpaired) electrons. The lowest BCUT2D eigenvalue weighted by Gasteiger charge is -2.29. The van der Waals surface area contributed by atoms with Gasteiger partial charge in [-0.05, 0) is 32.4 Å². The molecule has 7 nitrogen and oxygen atoms in total. The zero-order valence-electron chi connectivity index (χ0n) is 12.5. The van der Waals surface area contributed by atoms with Gasteiger partial charge in [0.2, 0.25) is 0 Å². The van der Waals surface area contributed by atoms with E-state index >= 15 is 0 Å². The molecule has 1 fully saturated rings. The number of rotatable bonds is 5. The Hall–Kier alpha value is -1.18. The van der Waals surface area contributed by atoms with Crippen LogP contribution in [0.4, 0.5) is 0 Å². The van der Waals surface area contributed by atoms with Crippen molar-refractivity contribution in [3.63, 3.8) is 0 Å². The highest BCUT2D eigenvalue weighted by Crippen LogP contribution is 2.10. The Morgan fingerprint density at radius 2 is 1.67 bits per heavy atom. The van der Waals surface area contributed by atoms with E-state index in [-0.39, 0.29) is 12.8 Å². The molecule has 1 aliphatic rings. The van der Waals surface area contributed by atoms with E-state index in [9.17, 15) is 14.7 Å². The van der Waals surface area contributed by atoms with Crippen molar-refractivity contribution in [1.82, 2.24) is 15.5 Å². The van der Waals surface area contributed by atoms with Crippen molar-refractivity contribution < 1.29 is 19.8 Å². The summed E-state index contributed by atoms with van der Waals surface area (Å²) in [7, 11) is 0. The van der Waals surface area contributed by atoms with E-state index in [4.69, 9.17) is 5.11 Å². The van der Waals surface area contributed by atoms with E-state index in [1.807, 2.05) is 4.90 Å². The fourth-order valence-corrected chi connectivity index (χ4v) is 2.54. The first-order valence-corrected chi connectivity index (χ1v) is 7.71. The summed E-state index contributed by atoms with van der Waals surface area (Å²) in [4.78, 5) is 24.0. The quantitative estimate of drug-likeness (QED) is 0.565. The predicted molar refractivity (Wildman–Crippen MR) is 79.5 cm³/mol. The van der Waals surface area contributed by atoms with E-state index < -0.39 is 18.0 Å². The largest absolute Gasteiger partial charge is 0.481 e. The minimum absolute atomic E-state index is 0.106. The zero-order chi connectivity index (χ0) is 15.5. The zero-order valence-corrected chi connectivity index (χ0v) is 12.5. The molecule has 0 spiro atoms. The van der Waals surface area contributed by atoms with Crippen LogP contribution in [0.1, 0.15) is 32.1 Å². The number of aliphatic carboxylic acids is 2. The van der Waals surface area contributed by atoms with Crippen molar-refractivity contribution in [3.05, 3.63) is 0 Å². The van der Waals surface area contributed by atoms with Crippen LogP contribution in [0.2, 0.25) is 0 Å². The molecule has 0 aromatic rings. The Kier molecular flexibility index (Phi) is 8.96. The fourth-order valence-electron chi connectivity index (χ4n) is 2.54. The summed E-state index contributed by atoms with van der Waals surface area (Å²) in [5.41, 5.74) is 0. The summed E-state index contributed by atoms with van der Waals surface area (Å²) in [5, 5.41) is 24.8. The number of carbonyl (C=O) groups is 2. The first-order valence-electron chi connectivity index (χ1n) is 7.71. The van der Waals surface area contributed by atoms with Gasteiger partial charge in [-0.1, -0.05) is 6.42 Å². The maximum absolute atomic E-state index is 11.4. The second kappa shape index (κ2) is 10.5. The number of nitrogens with one attached hydrogen (secondary N) is 2. The third-order valence-corrected chi connectivity index (χ3v) is 3.71. The van der Waals surface area contributed by atoms with Crippen LogP contribution in [0.15, 0.2) is 0 Å². The summed E-state index contributed by atoms with van der Waals surface area (Å²) in [6, 6.07) is -0.705. The van der Waals surface area contributed by atoms with Crippen molar-refractivity contribution >= 4 is 11.9 Å². The van der Waals surface area contributed by atoms with Gasteiger partial charge in [0, 0.05) is 32.6 Å². The van der Waals surface area contributed by atoms with Crippen LogP contribution >= 0.6 is 0 Å². The van der Waals surface area contributed by atoms with Gasteiger partial charge in [-0.2, -0.15) is 0 Å². The maximum Gasteiger partial charge on any atom is 0.320 e. The molecule has 1 aliphatic heterocycles. The molecule has 0 amide bonds. The third kappa shape index (κ3) is 7.99. The highest BCUT2D eigenvalue weighted by Gasteiger charge is 2.25. The van der Waals surface area contributed by atoms with Crippen molar-refractivity contribution in [1.29, 1.82) is 0 Å². The average Bonchev–Trinajstić information content (AvgIpc) is 2.40. The summed E-state index contributed by atoms with van der Waals surface area (Å²) < 4.78 is 0. The standard InChI is InChI=1S/C14H27N3O4/c18-13(19)5-4-12(14(20)21)17-10-3-1-2-6-15-7-8-16-9-11-17/h12,15-16H,1-11H2,(H,18,19)(H,20,21). The molecular formula is C14H27N3O4. The molecule has 0 aromatic heterocycles. The predicted octanol–water partition coefficient (Wildman–Crippen LogP) is -0.0305. The van der Waals surface area contributed by atoms with Gasteiger partial charge in [-0.15, -0.1) is 0 Å². The first-order chi connectivity index (χ1) is 10.1. The van der Waals surface area contributed by atoms with Crippen LogP contribution in [0.5, 0.6) is 0 Å². The third-order valence-electron chi connectivity index (χ3n) is 3.71. The van der Waals surface area contributed by atoms with Crippen LogP contribution in [0.3, 0.4) is 0 Å². The molecule has 1 atom stereocenters. The molecule has 7 heteroatoms. The molecule has 21 heavy (non-hydrogen) atoms. The first kappa shape index (κ1) is 17.9.